The van der Waals surface area contributed by atoms with Crippen LogP contribution in [0.25, 0.3) is 0 Å². The average Bonchev–Trinajstić information content (AvgIpc) is 3.29. The van der Waals surface area contributed by atoms with E-state index < -0.39 is 0 Å². The van der Waals surface area contributed by atoms with E-state index >= 15 is 0 Å². The second-order valence-electron chi connectivity index (χ2n) is 6.91. The highest BCUT2D eigenvalue weighted by Gasteiger charge is 2.12. The maximum atomic E-state index is 11.9. The molecule has 1 saturated heterocycles. The fourth-order valence-electron chi connectivity index (χ4n) is 3.20. The number of ether oxygens (including phenoxy) is 1. The molecule has 1 heterocycles. The molecule has 0 atom stereocenters. The van der Waals surface area contributed by atoms with Crippen molar-refractivity contribution >= 4 is 30.7 Å². The highest BCUT2D eigenvalue weighted by atomic mass is 32.2. The second kappa shape index (κ2) is 16.2. The molecule has 1 saturated carbocycles. The van der Waals surface area contributed by atoms with Gasteiger partial charge in [0.05, 0.1) is 18.8 Å². The Morgan fingerprint density at radius 3 is 2.21 bits per heavy atom. The molecule has 1 amide bonds. The van der Waals surface area contributed by atoms with E-state index in [1.165, 1.54) is 44.9 Å². The molecule has 28 heavy (non-hydrogen) atoms. The molecule has 0 bridgehead atoms. The van der Waals surface area contributed by atoms with E-state index in [4.69, 9.17) is 4.74 Å². The Morgan fingerprint density at radius 1 is 1.11 bits per heavy atom. The lowest BCUT2D eigenvalue weighted by Gasteiger charge is -2.19. The summed E-state index contributed by atoms with van der Waals surface area (Å²) in [5, 5.41) is 3.13. The Bertz CT molecular complexity index is 519. The lowest BCUT2D eigenvalue weighted by atomic mass is 9.90. The van der Waals surface area contributed by atoms with Crippen LogP contribution in [0.4, 0.5) is 9.57 Å². The predicted molar refractivity (Wildman–Crippen MR) is 113 cm³/mol. The van der Waals surface area contributed by atoms with Gasteiger partial charge in [-0.3, -0.25) is 9.59 Å². The van der Waals surface area contributed by atoms with E-state index in [-0.39, 0.29) is 12.1 Å². The first-order valence-electron chi connectivity index (χ1n) is 10.1. The van der Waals surface area contributed by atoms with Crippen molar-refractivity contribution in [3.05, 3.63) is 24.3 Å². The molecule has 1 aromatic rings. The van der Waals surface area contributed by atoms with Gasteiger partial charge in [-0.1, -0.05) is 19.3 Å². The fourth-order valence-corrected chi connectivity index (χ4v) is 3.44. The maximum absolute atomic E-state index is 11.9. The molecule has 1 N–H and O–H groups in total. The Balaban J connectivity index is 0.000000215. The van der Waals surface area contributed by atoms with Gasteiger partial charge >= 0.3 is 0 Å². The minimum Gasteiger partial charge on any atom is -0.468 e. The summed E-state index contributed by atoms with van der Waals surface area (Å²) in [6.45, 7) is 6.06. The highest BCUT2D eigenvalue weighted by Crippen LogP contribution is 2.23. The van der Waals surface area contributed by atoms with Crippen molar-refractivity contribution in [1.29, 1.82) is 0 Å². The van der Waals surface area contributed by atoms with Crippen molar-refractivity contribution in [3.63, 3.8) is 0 Å². The molecule has 7 heteroatoms. The Morgan fingerprint density at radius 2 is 1.75 bits per heavy atom. The quantitative estimate of drug-likeness (QED) is 0.634. The number of rotatable bonds is 7. The molecule has 3 rings (SSSR count). The van der Waals surface area contributed by atoms with Crippen molar-refractivity contribution in [2.24, 2.45) is 5.92 Å². The molecular weight excluding hydrogens is 379 g/mol. The first kappa shape index (κ1) is 24.3. The summed E-state index contributed by atoms with van der Waals surface area (Å²) in [6, 6.07) is 7.24. The SMILES string of the molecule is CCNc1ccc(SF)cc1.O=CN1CCCC1.O=COCC1CCCCC1. The van der Waals surface area contributed by atoms with Gasteiger partial charge in [0.15, 0.2) is 0 Å². The molecule has 0 radical (unpaired) electrons. The number of hydrogen-bond acceptors (Lipinski definition) is 5. The smallest absolute Gasteiger partial charge is 0.293 e. The zero-order chi connectivity index (χ0) is 20.5. The number of hydrogen-bond donors (Lipinski definition) is 1. The van der Waals surface area contributed by atoms with Crippen LogP contribution in [0.2, 0.25) is 0 Å². The van der Waals surface area contributed by atoms with E-state index in [2.05, 4.69) is 5.32 Å². The number of carbonyl (C=O) groups is 2. The third-order valence-electron chi connectivity index (χ3n) is 4.74. The van der Waals surface area contributed by atoms with Gasteiger partial charge in [-0.05, 0) is 62.8 Å². The number of anilines is 1. The van der Waals surface area contributed by atoms with Gasteiger partial charge in [0.1, 0.15) is 0 Å². The van der Waals surface area contributed by atoms with Gasteiger partial charge in [-0.25, -0.2) is 0 Å². The van der Waals surface area contributed by atoms with Crippen LogP contribution in [0.5, 0.6) is 0 Å². The van der Waals surface area contributed by atoms with E-state index in [1.54, 1.807) is 17.0 Å². The molecule has 1 aliphatic carbocycles. The van der Waals surface area contributed by atoms with Gasteiger partial charge in [0.25, 0.3) is 6.47 Å². The number of benzene rings is 1. The van der Waals surface area contributed by atoms with Crippen molar-refractivity contribution in [2.75, 3.05) is 31.6 Å². The molecular formula is C21H33FN2O3S. The Labute approximate surface area is 172 Å². The van der Waals surface area contributed by atoms with Crippen molar-refractivity contribution < 1.29 is 18.2 Å². The van der Waals surface area contributed by atoms with Crippen LogP contribution in [0.1, 0.15) is 51.9 Å². The van der Waals surface area contributed by atoms with E-state index in [9.17, 15) is 13.5 Å². The number of amides is 1. The first-order valence-corrected chi connectivity index (χ1v) is 10.8. The van der Waals surface area contributed by atoms with Gasteiger partial charge in [-0.15, -0.1) is 0 Å². The van der Waals surface area contributed by atoms with Crippen LogP contribution in [0, 0.1) is 5.92 Å². The van der Waals surface area contributed by atoms with E-state index in [1.807, 2.05) is 19.1 Å². The lowest BCUT2D eigenvalue weighted by molar-refractivity contribution is -0.130. The second-order valence-corrected chi connectivity index (χ2v) is 7.54. The summed E-state index contributed by atoms with van der Waals surface area (Å²) in [5.41, 5.74) is 1.03. The molecule has 158 valence electrons. The molecule has 1 aromatic carbocycles. The third kappa shape index (κ3) is 11.2. The van der Waals surface area contributed by atoms with E-state index in [0.29, 0.717) is 23.9 Å². The zero-order valence-corrected chi connectivity index (χ0v) is 17.6. The van der Waals surface area contributed by atoms with Crippen molar-refractivity contribution in [3.8, 4) is 0 Å². The summed E-state index contributed by atoms with van der Waals surface area (Å²) >= 11 is 0.268. The fraction of sp³-hybridized carbons (Fsp3) is 0.619. The molecule has 0 unspecified atom stereocenters. The van der Waals surface area contributed by atoms with Crippen molar-refractivity contribution in [2.45, 2.75) is 56.8 Å². The van der Waals surface area contributed by atoms with Crippen LogP contribution < -0.4 is 5.32 Å². The summed E-state index contributed by atoms with van der Waals surface area (Å²) in [7, 11) is 0. The van der Waals surface area contributed by atoms with E-state index in [0.717, 1.165) is 31.7 Å². The number of likely N-dealkylation sites (tertiary alicyclic amines) is 1. The summed E-state index contributed by atoms with van der Waals surface area (Å²) in [6.07, 6.45) is 9.78. The number of nitrogens with zero attached hydrogens (tertiary/aromatic N) is 1. The number of carbonyl (C=O) groups excluding carboxylic acids is 2. The standard InChI is InChI=1S/C8H10FNS.C8H14O2.C5H9NO/c1-2-10-7-3-5-8(11-9)6-4-7;9-7-10-6-8-4-2-1-3-5-8;7-5-6-3-1-2-4-6/h3-6,10H,2H2,1H3;7-8H,1-6H2;5H,1-4H2. The predicted octanol–water partition coefficient (Wildman–Crippen LogP) is 5.07. The minimum atomic E-state index is 0.268. The largest absolute Gasteiger partial charge is 0.468 e. The molecule has 2 fully saturated rings. The lowest BCUT2D eigenvalue weighted by Crippen LogP contribution is -2.15. The maximum Gasteiger partial charge on any atom is 0.293 e. The van der Waals surface area contributed by atoms with Crippen LogP contribution >= 0.6 is 12.1 Å². The third-order valence-corrected chi connectivity index (χ3v) is 5.19. The summed E-state index contributed by atoms with van der Waals surface area (Å²) < 4.78 is 16.6. The monoisotopic (exact) mass is 412 g/mol. The summed E-state index contributed by atoms with van der Waals surface area (Å²) in [4.78, 5) is 22.2. The Hall–Kier alpha value is -1.76. The van der Waals surface area contributed by atoms with Gasteiger partial charge in [0, 0.05) is 30.2 Å². The minimum absolute atomic E-state index is 0.268. The molecule has 2 aliphatic rings. The topological polar surface area (TPSA) is 58.6 Å². The number of halogens is 1. The van der Waals surface area contributed by atoms with Crippen molar-refractivity contribution in [1.82, 2.24) is 4.90 Å². The zero-order valence-electron chi connectivity index (χ0n) is 16.8. The van der Waals surface area contributed by atoms with Crippen LogP contribution in [-0.4, -0.2) is 44.0 Å². The van der Waals surface area contributed by atoms with Gasteiger partial charge in [-0.2, -0.15) is 3.89 Å². The molecule has 5 nitrogen and oxygen atoms in total. The van der Waals surface area contributed by atoms with Gasteiger partial charge in [0.2, 0.25) is 6.41 Å². The van der Waals surface area contributed by atoms with Crippen LogP contribution in [-0.2, 0) is 14.3 Å². The van der Waals surface area contributed by atoms with Crippen LogP contribution in [0.15, 0.2) is 29.2 Å². The van der Waals surface area contributed by atoms with Gasteiger partial charge < -0.3 is 15.0 Å². The number of nitrogens with one attached hydrogen (secondary N) is 1. The average molecular weight is 413 g/mol. The highest BCUT2D eigenvalue weighted by molar-refractivity contribution is 7.94. The normalized spacial score (nSPS) is 16.1. The molecule has 1 aliphatic heterocycles. The first-order chi connectivity index (χ1) is 13.7. The Kier molecular flexibility index (Phi) is 14.1. The summed E-state index contributed by atoms with van der Waals surface area (Å²) in [5.74, 6) is 0.652. The molecule has 0 aromatic heterocycles. The molecule has 0 spiro atoms. The van der Waals surface area contributed by atoms with Crippen LogP contribution in [0.3, 0.4) is 0 Å².